The van der Waals surface area contributed by atoms with E-state index >= 15 is 0 Å². The lowest BCUT2D eigenvalue weighted by molar-refractivity contribution is -0.384. The zero-order chi connectivity index (χ0) is 21.4. The number of nitrogens with zero attached hydrogens (tertiary/aromatic N) is 2. The van der Waals surface area contributed by atoms with Crippen LogP contribution in [0.2, 0.25) is 0 Å². The number of non-ortho nitro benzene ring substituents is 1. The third-order valence-corrected chi connectivity index (χ3v) is 3.60. The van der Waals surface area contributed by atoms with Crippen molar-refractivity contribution in [3.63, 3.8) is 0 Å². The fourth-order valence-corrected chi connectivity index (χ4v) is 2.20. The summed E-state index contributed by atoms with van der Waals surface area (Å²) in [6.45, 7) is 3.41. The number of amides is 1. The van der Waals surface area contributed by atoms with Gasteiger partial charge in [0.2, 0.25) is 0 Å². The molecular weight excluding hydrogens is 382 g/mol. The monoisotopic (exact) mass is 400 g/mol. The maximum Gasteiger partial charge on any atom is 0.271 e. The quantitative estimate of drug-likeness (QED) is 0.379. The lowest BCUT2D eigenvalue weighted by Crippen LogP contribution is -2.37. The number of nitrogens with one attached hydrogen (secondary N) is 1. The predicted octanol–water partition coefficient (Wildman–Crippen LogP) is 1.27. The number of carboxylic acids is 1. The van der Waals surface area contributed by atoms with Gasteiger partial charge in [0, 0.05) is 17.7 Å². The third kappa shape index (κ3) is 6.03. The summed E-state index contributed by atoms with van der Waals surface area (Å²) >= 11 is 0. The number of rotatable bonds is 9. The van der Waals surface area contributed by atoms with E-state index in [1.54, 1.807) is 19.1 Å². The molecule has 10 heteroatoms. The van der Waals surface area contributed by atoms with Crippen LogP contribution in [-0.2, 0) is 4.79 Å². The Morgan fingerprint density at radius 3 is 2.66 bits per heavy atom. The van der Waals surface area contributed by atoms with Crippen LogP contribution < -0.4 is 20.0 Å². The molecule has 1 amide bonds. The maximum absolute atomic E-state index is 12.1. The summed E-state index contributed by atoms with van der Waals surface area (Å²) in [5, 5.41) is 25.4. The number of hydrazone groups is 1. The van der Waals surface area contributed by atoms with E-state index in [9.17, 15) is 24.8 Å². The zero-order valence-electron chi connectivity index (χ0n) is 15.7. The van der Waals surface area contributed by atoms with Gasteiger partial charge < -0.3 is 19.4 Å². The highest BCUT2D eigenvalue weighted by molar-refractivity contribution is 5.95. The summed E-state index contributed by atoms with van der Waals surface area (Å²) in [5.74, 6) is -1.45. The first-order chi connectivity index (χ1) is 13.8. The predicted molar refractivity (Wildman–Crippen MR) is 101 cm³/mol. The Labute approximate surface area is 165 Å². The summed E-state index contributed by atoms with van der Waals surface area (Å²) in [5.41, 5.74) is 2.70. The molecule has 0 aliphatic heterocycles. The molecule has 0 unspecified atom stereocenters. The highest BCUT2D eigenvalue weighted by Crippen LogP contribution is 2.29. The van der Waals surface area contributed by atoms with E-state index in [1.807, 2.05) is 0 Å². The molecule has 0 bridgehead atoms. The number of nitro benzene ring substituents is 1. The second-order valence-corrected chi connectivity index (χ2v) is 5.72. The fourth-order valence-electron chi connectivity index (χ4n) is 2.20. The van der Waals surface area contributed by atoms with Gasteiger partial charge in [0.15, 0.2) is 11.5 Å². The van der Waals surface area contributed by atoms with E-state index in [1.165, 1.54) is 37.4 Å². The van der Waals surface area contributed by atoms with Crippen molar-refractivity contribution in [2.45, 2.75) is 20.0 Å². The Balaban J connectivity index is 2.10. The van der Waals surface area contributed by atoms with E-state index in [4.69, 9.17) is 9.47 Å². The van der Waals surface area contributed by atoms with Gasteiger partial charge in [0.1, 0.15) is 6.10 Å². The average Bonchev–Trinajstić information content (AvgIpc) is 2.69. The van der Waals surface area contributed by atoms with Crippen molar-refractivity contribution in [2.24, 2.45) is 5.10 Å². The molecule has 0 spiro atoms. The highest BCUT2D eigenvalue weighted by Gasteiger charge is 2.12. The van der Waals surface area contributed by atoms with E-state index in [2.05, 4.69) is 10.5 Å². The summed E-state index contributed by atoms with van der Waals surface area (Å²) in [7, 11) is 0. The number of hydrogen-bond acceptors (Lipinski definition) is 8. The van der Waals surface area contributed by atoms with Crippen molar-refractivity contribution in [3.8, 4) is 11.5 Å². The molecule has 10 nitrogen and oxygen atoms in total. The standard InChI is InChI=1S/C19H19N3O7/c1-3-28-17-9-13(7-8-16(17)29-12(2)19(24)25)11-20-21-18(23)14-5-4-6-15(10-14)22(26)27/h4-12H,3H2,1-2H3,(H,21,23)(H,24,25)/p-1/t12-/m1/s1. The molecule has 0 aromatic heterocycles. The molecule has 29 heavy (non-hydrogen) atoms. The number of benzene rings is 2. The molecule has 1 atom stereocenters. The van der Waals surface area contributed by atoms with E-state index in [-0.39, 0.29) is 17.0 Å². The number of nitro groups is 1. The van der Waals surface area contributed by atoms with Crippen molar-refractivity contribution in [3.05, 3.63) is 63.7 Å². The van der Waals surface area contributed by atoms with Gasteiger partial charge in [-0.3, -0.25) is 14.9 Å². The van der Waals surface area contributed by atoms with Gasteiger partial charge in [-0.1, -0.05) is 6.07 Å². The van der Waals surface area contributed by atoms with Crippen LogP contribution in [0.25, 0.3) is 0 Å². The molecule has 152 valence electrons. The summed E-state index contributed by atoms with van der Waals surface area (Å²) < 4.78 is 10.7. The topological polar surface area (TPSA) is 143 Å². The van der Waals surface area contributed by atoms with Gasteiger partial charge in [-0.15, -0.1) is 0 Å². The Bertz CT molecular complexity index is 943. The van der Waals surface area contributed by atoms with Gasteiger partial charge in [-0.25, -0.2) is 5.43 Å². The molecule has 2 rings (SSSR count). The first-order valence-corrected chi connectivity index (χ1v) is 8.54. The van der Waals surface area contributed by atoms with Crippen LogP contribution in [0.15, 0.2) is 47.6 Å². The molecule has 0 radical (unpaired) electrons. The molecular formula is C19H18N3O7-. The number of aliphatic carboxylic acids is 1. The van der Waals surface area contributed by atoms with Gasteiger partial charge in [0.25, 0.3) is 11.6 Å². The molecule has 0 heterocycles. The molecule has 1 N–H and O–H groups in total. The lowest BCUT2D eigenvalue weighted by atomic mass is 10.2. The first-order valence-electron chi connectivity index (χ1n) is 8.54. The highest BCUT2D eigenvalue weighted by atomic mass is 16.6. The Morgan fingerprint density at radius 2 is 2.00 bits per heavy atom. The van der Waals surface area contributed by atoms with Crippen LogP contribution in [0, 0.1) is 10.1 Å². The van der Waals surface area contributed by atoms with Crippen LogP contribution in [0.3, 0.4) is 0 Å². The Kier molecular flexibility index (Phi) is 7.24. The molecule has 0 saturated heterocycles. The van der Waals surface area contributed by atoms with Crippen LogP contribution >= 0.6 is 0 Å². The minimum Gasteiger partial charge on any atom is -0.546 e. The number of carbonyl (C=O) groups is 2. The van der Waals surface area contributed by atoms with Crippen LogP contribution in [0.5, 0.6) is 11.5 Å². The largest absolute Gasteiger partial charge is 0.546 e. The average molecular weight is 400 g/mol. The fraction of sp³-hybridized carbons (Fsp3) is 0.211. The van der Waals surface area contributed by atoms with Gasteiger partial charge in [-0.2, -0.15) is 5.10 Å². The minimum atomic E-state index is -1.36. The van der Waals surface area contributed by atoms with Gasteiger partial charge in [0.05, 0.1) is 23.7 Å². The number of carboxylic acid groups (broad SMARTS) is 1. The van der Waals surface area contributed by atoms with E-state index in [0.717, 1.165) is 6.07 Å². The molecule has 0 aliphatic rings. The molecule has 2 aromatic rings. The van der Waals surface area contributed by atoms with Crippen molar-refractivity contribution in [2.75, 3.05) is 6.61 Å². The molecule has 0 aliphatic carbocycles. The van der Waals surface area contributed by atoms with Crippen molar-refractivity contribution < 1.29 is 29.1 Å². The SMILES string of the molecule is CCOc1cc(C=NNC(=O)c2cccc([N+](=O)[O-])c2)ccc1O[C@H](C)C(=O)[O-]. The third-order valence-electron chi connectivity index (χ3n) is 3.60. The van der Waals surface area contributed by atoms with Crippen LogP contribution in [0.1, 0.15) is 29.8 Å². The summed E-state index contributed by atoms with van der Waals surface area (Å²) in [4.78, 5) is 33.1. The second kappa shape index (κ2) is 9.83. The normalized spacial score (nSPS) is 11.7. The maximum atomic E-state index is 12.1. The number of carbonyl (C=O) groups excluding carboxylic acids is 2. The first kappa shape index (κ1) is 21.4. The zero-order valence-corrected chi connectivity index (χ0v) is 15.7. The van der Waals surface area contributed by atoms with Crippen LogP contribution in [-0.4, -0.2) is 35.7 Å². The van der Waals surface area contributed by atoms with Crippen molar-refractivity contribution in [1.82, 2.24) is 5.43 Å². The summed E-state index contributed by atoms with van der Waals surface area (Å²) in [6.07, 6.45) is 0.173. The van der Waals surface area contributed by atoms with Crippen LogP contribution in [0.4, 0.5) is 5.69 Å². The molecule has 0 saturated carbocycles. The van der Waals surface area contributed by atoms with E-state index < -0.39 is 22.9 Å². The Hall–Kier alpha value is -3.95. The minimum absolute atomic E-state index is 0.0892. The van der Waals surface area contributed by atoms with Crippen molar-refractivity contribution in [1.29, 1.82) is 0 Å². The molecule has 0 fully saturated rings. The Morgan fingerprint density at radius 1 is 1.24 bits per heavy atom. The summed E-state index contributed by atoms with van der Waals surface area (Å²) in [6, 6.07) is 9.90. The molecule has 2 aromatic carbocycles. The number of ether oxygens (including phenoxy) is 2. The lowest BCUT2D eigenvalue weighted by Gasteiger charge is -2.18. The second-order valence-electron chi connectivity index (χ2n) is 5.72. The van der Waals surface area contributed by atoms with Gasteiger partial charge >= 0.3 is 0 Å². The van der Waals surface area contributed by atoms with Crippen molar-refractivity contribution >= 4 is 23.8 Å². The van der Waals surface area contributed by atoms with E-state index in [0.29, 0.717) is 17.9 Å². The van der Waals surface area contributed by atoms with Gasteiger partial charge in [-0.05, 0) is 43.7 Å². The number of hydrogen-bond donors (Lipinski definition) is 1. The smallest absolute Gasteiger partial charge is 0.271 e.